The first-order valence-electron chi connectivity index (χ1n) is 7.73. The van der Waals surface area contributed by atoms with Gasteiger partial charge >= 0.3 is 0 Å². The van der Waals surface area contributed by atoms with Gasteiger partial charge in [0.25, 0.3) is 0 Å². The zero-order valence-electron chi connectivity index (χ0n) is 12.7. The van der Waals surface area contributed by atoms with Crippen LogP contribution in [0, 0.1) is 5.92 Å². The second kappa shape index (κ2) is 7.06. The Morgan fingerprint density at radius 3 is 2.53 bits per heavy atom. The van der Waals surface area contributed by atoms with Gasteiger partial charge < -0.3 is 5.32 Å². The average Bonchev–Trinajstić information content (AvgIpc) is 2.86. The Labute approximate surface area is 118 Å². The van der Waals surface area contributed by atoms with E-state index in [0.29, 0.717) is 0 Å². The van der Waals surface area contributed by atoms with Gasteiger partial charge in [-0.15, -0.1) is 0 Å². The van der Waals surface area contributed by atoms with Crippen molar-refractivity contribution < 1.29 is 0 Å². The molecular weight excluding hydrogens is 232 g/mol. The number of nitrogens with zero attached hydrogens (tertiary/aromatic N) is 1. The number of hydrogen-bond donors (Lipinski definition) is 1. The van der Waals surface area contributed by atoms with E-state index in [9.17, 15) is 0 Å². The highest BCUT2D eigenvalue weighted by Gasteiger charge is 2.26. The SMILES string of the molecule is CCNCc1ccc(CN2CCCC2C(C)C)cc1. The lowest BCUT2D eigenvalue weighted by atomic mass is 10.0. The lowest BCUT2D eigenvalue weighted by Crippen LogP contribution is -2.32. The van der Waals surface area contributed by atoms with Crippen molar-refractivity contribution in [2.24, 2.45) is 5.92 Å². The van der Waals surface area contributed by atoms with Crippen molar-refractivity contribution in [3.8, 4) is 0 Å². The summed E-state index contributed by atoms with van der Waals surface area (Å²) in [5, 5.41) is 3.37. The lowest BCUT2D eigenvalue weighted by Gasteiger charge is -2.27. The molecule has 1 aliphatic rings. The Morgan fingerprint density at radius 2 is 1.89 bits per heavy atom. The fraction of sp³-hybridized carbons (Fsp3) is 0.647. The molecular formula is C17H28N2. The van der Waals surface area contributed by atoms with E-state index in [2.05, 4.69) is 55.3 Å². The molecule has 0 aromatic heterocycles. The molecule has 1 fully saturated rings. The van der Waals surface area contributed by atoms with Crippen molar-refractivity contribution in [3.63, 3.8) is 0 Å². The molecule has 2 nitrogen and oxygen atoms in total. The third-order valence-electron chi connectivity index (χ3n) is 4.17. The molecule has 19 heavy (non-hydrogen) atoms. The summed E-state index contributed by atoms with van der Waals surface area (Å²) >= 11 is 0. The highest BCUT2D eigenvalue weighted by atomic mass is 15.2. The summed E-state index contributed by atoms with van der Waals surface area (Å²) in [6.45, 7) is 11.2. The van der Waals surface area contributed by atoms with E-state index in [1.807, 2.05) is 0 Å². The molecule has 1 N–H and O–H groups in total. The van der Waals surface area contributed by atoms with Crippen LogP contribution in [0.5, 0.6) is 0 Å². The molecule has 1 saturated heterocycles. The summed E-state index contributed by atoms with van der Waals surface area (Å²) in [7, 11) is 0. The van der Waals surface area contributed by atoms with Crippen molar-refractivity contribution in [1.29, 1.82) is 0 Å². The summed E-state index contributed by atoms with van der Waals surface area (Å²) < 4.78 is 0. The Morgan fingerprint density at radius 1 is 1.21 bits per heavy atom. The standard InChI is InChI=1S/C17H28N2/c1-4-18-12-15-7-9-16(10-8-15)13-19-11-5-6-17(19)14(2)3/h7-10,14,17-18H,4-6,11-13H2,1-3H3. The molecule has 1 aliphatic heterocycles. The van der Waals surface area contributed by atoms with E-state index in [1.165, 1.54) is 30.5 Å². The minimum absolute atomic E-state index is 0.774. The summed E-state index contributed by atoms with van der Waals surface area (Å²) in [6, 6.07) is 9.89. The Kier molecular flexibility index (Phi) is 5.41. The van der Waals surface area contributed by atoms with Crippen molar-refractivity contribution in [2.75, 3.05) is 13.1 Å². The van der Waals surface area contributed by atoms with Crippen LogP contribution in [0.1, 0.15) is 44.7 Å². The van der Waals surface area contributed by atoms with Gasteiger partial charge in [-0.25, -0.2) is 0 Å². The number of benzene rings is 1. The van der Waals surface area contributed by atoms with Gasteiger partial charge in [-0.05, 0) is 43.0 Å². The van der Waals surface area contributed by atoms with Crippen LogP contribution in [0.3, 0.4) is 0 Å². The third-order valence-corrected chi connectivity index (χ3v) is 4.17. The van der Waals surface area contributed by atoms with Gasteiger partial charge in [-0.1, -0.05) is 45.0 Å². The average molecular weight is 260 g/mol. The van der Waals surface area contributed by atoms with Crippen LogP contribution in [0.15, 0.2) is 24.3 Å². The normalized spacial score (nSPS) is 20.3. The fourth-order valence-corrected chi connectivity index (χ4v) is 3.07. The molecule has 1 aromatic rings. The van der Waals surface area contributed by atoms with Crippen LogP contribution in [0.4, 0.5) is 0 Å². The minimum Gasteiger partial charge on any atom is -0.313 e. The third kappa shape index (κ3) is 4.05. The molecule has 1 atom stereocenters. The maximum atomic E-state index is 3.37. The molecule has 2 heteroatoms. The largest absolute Gasteiger partial charge is 0.313 e. The molecule has 1 heterocycles. The minimum atomic E-state index is 0.774. The maximum absolute atomic E-state index is 3.37. The van der Waals surface area contributed by atoms with Crippen LogP contribution in [-0.2, 0) is 13.1 Å². The van der Waals surface area contributed by atoms with Crippen molar-refractivity contribution in [2.45, 2.75) is 52.7 Å². The van der Waals surface area contributed by atoms with Gasteiger partial charge in [0.05, 0.1) is 0 Å². The Hall–Kier alpha value is -0.860. The second-order valence-corrected chi connectivity index (χ2v) is 6.02. The molecule has 1 aromatic carbocycles. The fourth-order valence-electron chi connectivity index (χ4n) is 3.07. The van der Waals surface area contributed by atoms with Crippen molar-refractivity contribution >= 4 is 0 Å². The summed E-state index contributed by atoms with van der Waals surface area (Å²) in [5.41, 5.74) is 2.83. The van der Waals surface area contributed by atoms with Crippen molar-refractivity contribution in [1.82, 2.24) is 10.2 Å². The summed E-state index contributed by atoms with van der Waals surface area (Å²) in [5.74, 6) is 0.774. The highest BCUT2D eigenvalue weighted by Crippen LogP contribution is 2.25. The van der Waals surface area contributed by atoms with Gasteiger partial charge in [-0.2, -0.15) is 0 Å². The zero-order valence-corrected chi connectivity index (χ0v) is 12.7. The number of nitrogens with one attached hydrogen (secondary N) is 1. The Balaban J connectivity index is 1.92. The van der Waals surface area contributed by atoms with Crippen LogP contribution < -0.4 is 5.32 Å². The highest BCUT2D eigenvalue weighted by molar-refractivity contribution is 5.22. The molecule has 106 valence electrons. The number of hydrogen-bond acceptors (Lipinski definition) is 2. The van der Waals surface area contributed by atoms with Gasteiger partial charge in [-0.3, -0.25) is 4.90 Å². The van der Waals surface area contributed by atoms with Gasteiger partial charge in [0.15, 0.2) is 0 Å². The lowest BCUT2D eigenvalue weighted by molar-refractivity contribution is 0.199. The van der Waals surface area contributed by atoms with Gasteiger partial charge in [0.1, 0.15) is 0 Å². The van der Waals surface area contributed by atoms with Crippen LogP contribution in [-0.4, -0.2) is 24.0 Å². The van der Waals surface area contributed by atoms with E-state index in [4.69, 9.17) is 0 Å². The van der Waals surface area contributed by atoms with Crippen LogP contribution >= 0.6 is 0 Å². The van der Waals surface area contributed by atoms with E-state index in [0.717, 1.165) is 31.6 Å². The summed E-state index contributed by atoms with van der Waals surface area (Å²) in [4.78, 5) is 2.66. The number of rotatable bonds is 6. The molecule has 2 rings (SSSR count). The molecule has 0 spiro atoms. The second-order valence-electron chi connectivity index (χ2n) is 6.02. The summed E-state index contributed by atoms with van der Waals surface area (Å²) in [6.07, 6.45) is 2.73. The predicted molar refractivity (Wildman–Crippen MR) is 82.1 cm³/mol. The molecule has 0 aliphatic carbocycles. The van der Waals surface area contributed by atoms with E-state index in [-0.39, 0.29) is 0 Å². The molecule has 1 unspecified atom stereocenters. The topological polar surface area (TPSA) is 15.3 Å². The quantitative estimate of drug-likeness (QED) is 0.843. The van der Waals surface area contributed by atoms with Crippen LogP contribution in [0.2, 0.25) is 0 Å². The molecule has 0 saturated carbocycles. The Bertz CT molecular complexity index is 369. The zero-order chi connectivity index (χ0) is 13.7. The predicted octanol–water partition coefficient (Wildman–Crippen LogP) is 3.42. The monoisotopic (exact) mass is 260 g/mol. The molecule has 0 amide bonds. The van der Waals surface area contributed by atoms with Gasteiger partial charge in [0, 0.05) is 19.1 Å². The number of likely N-dealkylation sites (tertiary alicyclic amines) is 1. The van der Waals surface area contributed by atoms with E-state index >= 15 is 0 Å². The van der Waals surface area contributed by atoms with Crippen molar-refractivity contribution in [3.05, 3.63) is 35.4 Å². The van der Waals surface area contributed by atoms with Crippen LogP contribution in [0.25, 0.3) is 0 Å². The first kappa shape index (κ1) is 14.5. The van der Waals surface area contributed by atoms with Gasteiger partial charge in [0.2, 0.25) is 0 Å². The molecule has 0 radical (unpaired) electrons. The van der Waals surface area contributed by atoms with E-state index in [1.54, 1.807) is 0 Å². The smallest absolute Gasteiger partial charge is 0.0236 e. The first-order valence-corrected chi connectivity index (χ1v) is 7.73. The maximum Gasteiger partial charge on any atom is 0.0236 e. The molecule has 0 bridgehead atoms. The van der Waals surface area contributed by atoms with E-state index < -0.39 is 0 Å². The first-order chi connectivity index (χ1) is 9.20.